The molecule has 0 bridgehead atoms. The lowest BCUT2D eigenvalue weighted by Gasteiger charge is -2.35. The molecular weight excluding hydrogens is 216 g/mol. The molecule has 1 fully saturated rings. The molecule has 3 N–H and O–H groups in total. The Hall–Kier alpha value is -0.160. The number of β-amino-alcohol motifs (C(OH)–C–C–N with tert-alkyl or cyclic N) is 1. The molecule has 1 rings (SSSR count). The van der Waals surface area contributed by atoms with Crippen LogP contribution >= 0.6 is 0 Å². The topological polar surface area (TPSA) is 55.7 Å². The van der Waals surface area contributed by atoms with Gasteiger partial charge in [0.1, 0.15) is 0 Å². The van der Waals surface area contributed by atoms with Crippen LogP contribution in [0.3, 0.4) is 0 Å². The van der Waals surface area contributed by atoms with Crippen molar-refractivity contribution in [1.29, 1.82) is 0 Å². The van der Waals surface area contributed by atoms with Crippen molar-refractivity contribution in [2.24, 2.45) is 5.92 Å². The molecule has 0 aromatic heterocycles. The van der Waals surface area contributed by atoms with Crippen LogP contribution in [0.15, 0.2) is 0 Å². The van der Waals surface area contributed by atoms with Gasteiger partial charge in [0.15, 0.2) is 0 Å². The van der Waals surface area contributed by atoms with Gasteiger partial charge in [0.05, 0.1) is 12.7 Å². The quantitative estimate of drug-likeness (QED) is 0.657. The smallest absolute Gasteiger partial charge is 0.0897 e. The Labute approximate surface area is 105 Å². The van der Waals surface area contributed by atoms with Crippen molar-refractivity contribution < 1.29 is 10.2 Å². The van der Waals surface area contributed by atoms with Crippen molar-refractivity contribution in [3.8, 4) is 0 Å². The van der Waals surface area contributed by atoms with E-state index in [-0.39, 0.29) is 12.1 Å². The molecule has 1 saturated heterocycles. The summed E-state index contributed by atoms with van der Waals surface area (Å²) in [6, 6.07) is 0. The van der Waals surface area contributed by atoms with E-state index in [2.05, 4.69) is 31.0 Å². The molecule has 0 radical (unpaired) electrons. The van der Waals surface area contributed by atoms with Gasteiger partial charge in [-0.2, -0.15) is 0 Å². The van der Waals surface area contributed by atoms with E-state index in [9.17, 15) is 5.11 Å². The van der Waals surface area contributed by atoms with Crippen LogP contribution in [0.4, 0.5) is 0 Å². The standard InChI is InChI=1S/C13H28N2O2/c1-13(2,3)14-7-11-5-4-6-15(8-11)9-12(17)10-16/h11-12,14,16-17H,4-10H2,1-3H3. The fourth-order valence-corrected chi connectivity index (χ4v) is 2.29. The predicted molar refractivity (Wildman–Crippen MR) is 70.0 cm³/mol. The summed E-state index contributed by atoms with van der Waals surface area (Å²) < 4.78 is 0. The minimum atomic E-state index is -0.593. The molecule has 1 aliphatic rings. The van der Waals surface area contributed by atoms with Crippen molar-refractivity contribution in [2.75, 3.05) is 32.8 Å². The first-order chi connectivity index (χ1) is 7.90. The lowest BCUT2D eigenvalue weighted by Crippen LogP contribution is -2.46. The van der Waals surface area contributed by atoms with E-state index in [1.807, 2.05) is 0 Å². The third-order valence-corrected chi connectivity index (χ3v) is 3.20. The predicted octanol–water partition coefficient (Wildman–Crippen LogP) is 0.440. The average Bonchev–Trinajstić information content (AvgIpc) is 2.26. The molecule has 17 heavy (non-hydrogen) atoms. The van der Waals surface area contributed by atoms with E-state index in [0.29, 0.717) is 12.5 Å². The summed E-state index contributed by atoms with van der Waals surface area (Å²) in [5.41, 5.74) is 0.174. The highest BCUT2D eigenvalue weighted by molar-refractivity contribution is 4.79. The molecule has 0 aromatic rings. The maximum absolute atomic E-state index is 9.45. The van der Waals surface area contributed by atoms with Crippen LogP contribution in [0.2, 0.25) is 0 Å². The van der Waals surface area contributed by atoms with Crippen LogP contribution in [0, 0.1) is 5.92 Å². The molecule has 0 amide bonds. The van der Waals surface area contributed by atoms with E-state index in [1.54, 1.807) is 0 Å². The van der Waals surface area contributed by atoms with E-state index in [0.717, 1.165) is 19.6 Å². The lowest BCUT2D eigenvalue weighted by molar-refractivity contribution is 0.0439. The first kappa shape index (κ1) is 14.9. The Balaban J connectivity index is 2.28. The SMILES string of the molecule is CC(C)(C)NCC1CCCN(CC(O)CO)C1. The highest BCUT2D eigenvalue weighted by Crippen LogP contribution is 2.16. The Kier molecular flexibility index (Phi) is 5.86. The van der Waals surface area contributed by atoms with E-state index >= 15 is 0 Å². The first-order valence-corrected chi connectivity index (χ1v) is 6.67. The summed E-state index contributed by atoms with van der Waals surface area (Å²) in [6.45, 7) is 10.1. The van der Waals surface area contributed by atoms with Crippen LogP contribution in [-0.4, -0.2) is 59.5 Å². The molecule has 2 unspecified atom stereocenters. The number of nitrogens with one attached hydrogen (secondary N) is 1. The van der Waals surface area contributed by atoms with Gasteiger partial charge in [-0.3, -0.25) is 0 Å². The number of aliphatic hydroxyl groups excluding tert-OH is 2. The number of likely N-dealkylation sites (tertiary alicyclic amines) is 1. The number of piperidine rings is 1. The van der Waals surface area contributed by atoms with Crippen molar-refractivity contribution in [3.63, 3.8) is 0 Å². The van der Waals surface area contributed by atoms with Gasteiger partial charge >= 0.3 is 0 Å². The van der Waals surface area contributed by atoms with E-state index in [4.69, 9.17) is 5.11 Å². The summed E-state index contributed by atoms with van der Waals surface area (Å²) in [5.74, 6) is 0.661. The van der Waals surface area contributed by atoms with Crippen LogP contribution in [0.1, 0.15) is 33.6 Å². The van der Waals surface area contributed by atoms with Crippen LogP contribution in [-0.2, 0) is 0 Å². The number of nitrogens with zero attached hydrogens (tertiary/aromatic N) is 1. The third kappa shape index (κ3) is 6.36. The van der Waals surface area contributed by atoms with Crippen molar-refractivity contribution in [2.45, 2.75) is 45.3 Å². The van der Waals surface area contributed by atoms with Gasteiger partial charge in [-0.1, -0.05) is 0 Å². The average molecular weight is 244 g/mol. The van der Waals surface area contributed by atoms with Gasteiger partial charge in [0.2, 0.25) is 0 Å². The fourth-order valence-electron chi connectivity index (χ4n) is 2.29. The van der Waals surface area contributed by atoms with Gasteiger partial charge in [-0.05, 0) is 52.6 Å². The molecular formula is C13H28N2O2. The molecule has 0 saturated carbocycles. The molecule has 0 aliphatic carbocycles. The number of hydrogen-bond donors (Lipinski definition) is 3. The summed E-state index contributed by atoms with van der Waals surface area (Å²) in [7, 11) is 0. The van der Waals surface area contributed by atoms with Gasteiger partial charge < -0.3 is 20.4 Å². The Morgan fingerprint density at radius 1 is 1.41 bits per heavy atom. The van der Waals surface area contributed by atoms with Crippen LogP contribution < -0.4 is 5.32 Å². The lowest BCUT2D eigenvalue weighted by atomic mass is 9.96. The number of aliphatic hydroxyl groups is 2. The Bertz CT molecular complexity index is 216. The molecule has 1 aliphatic heterocycles. The van der Waals surface area contributed by atoms with Crippen LogP contribution in [0.25, 0.3) is 0 Å². The summed E-state index contributed by atoms with van der Waals surface area (Å²) in [6.07, 6.45) is 1.85. The molecule has 4 nitrogen and oxygen atoms in total. The second kappa shape index (κ2) is 6.69. The maximum atomic E-state index is 9.45. The summed E-state index contributed by atoms with van der Waals surface area (Å²) >= 11 is 0. The zero-order valence-corrected chi connectivity index (χ0v) is 11.4. The summed E-state index contributed by atoms with van der Waals surface area (Å²) in [4.78, 5) is 2.26. The van der Waals surface area contributed by atoms with Gasteiger partial charge in [-0.25, -0.2) is 0 Å². The van der Waals surface area contributed by atoms with Gasteiger partial charge in [-0.15, -0.1) is 0 Å². The van der Waals surface area contributed by atoms with Crippen LogP contribution in [0.5, 0.6) is 0 Å². The largest absolute Gasteiger partial charge is 0.394 e. The number of rotatable bonds is 5. The van der Waals surface area contributed by atoms with Crippen molar-refractivity contribution >= 4 is 0 Å². The monoisotopic (exact) mass is 244 g/mol. The van der Waals surface area contributed by atoms with E-state index in [1.165, 1.54) is 12.8 Å². The highest BCUT2D eigenvalue weighted by atomic mass is 16.3. The van der Waals surface area contributed by atoms with Crippen molar-refractivity contribution in [3.05, 3.63) is 0 Å². The molecule has 2 atom stereocenters. The van der Waals surface area contributed by atoms with Crippen molar-refractivity contribution in [1.82, 2.24) is 10.2 Å². The maximum Gasteiger partial charge on any atom is 0.0897 e. The van der Waals surface area contributed by atoms with E-state index < -0.39 is 6.10 Å². The molecule has 4 heteroatoms. The normalized spacial score (nSPS) is 24.9. The zero-order chi connectivity index (χ0) is 12.9. The highest BCUT2D eigenvalue weighted by Gasteiger charge is 2.22. The minimum Gasteiger partial charge on any atom is -0.394 e. The van der Waals surface area contributed by atoms with Gasteiger partial charge in [0.25, 0.3) is 0 Å². The third-order valence-electron chi connectivity index (χ3n) is 3.20. The Morgan fingerprint density at radius 2 is 2.12 bits per heavy atom. The molecule has 102 valence electrons. The fraction of sp³-hybridized carbons (Fsp3) is 1.00. The summed E-state index contributed by atoms with van der Waals surface area (Å²) in [5, 5.41) is 21.8. The second-order valence-electron chi connectivity index (χ2n) is 6.24. The zero-order valence-electron chi connectivity index (χ0n) is 11.4. The van der Waals surface area contributed by atoms with Gasteiger partial charge in [0, 0.05) is 18.6 Å². The second-order valence-corrected chi connectivity index (χ2v) is 6.24. The first-order valence-electron chi connectivity index (χ1n) is 6.67. The Morgan fingerprint density at radius 3 is 2.71 bits per heavy atom. The minimum absolute atomic E-state index is 0.137. The molecule has 0 spiro atoms. The molecule has 1 heterocycles. The molecule has 0 aromatic carbocycles. The number of hydrogen-bond acceptors (Lipinski definition) is 4.